The van der Waals surface area contributed by atoms with Gasteiger partial charge in [0, 0.05) is 5.92 Å². The van der Waals surface area contributed by atoms with Crippen LogP contribution in [-0.4, -0.2) is 13.4 Å². The van der Waals surface area contributed by atoms with Crippen LogP contribution < -0.4 is 0 Å². The number of benzene rings is 1. The second kappa shape index (κ2) is 5.10. The fourth-order valence-electron chi connectivity index (χ4n) is 1.96. The monoisotopic (exact) mass is 204 g/mol. The topological polar surface area (TPSA) is 18.5 Å². The van der Waals surface area contributed by atoms with Gasteiger partial charge in [-0.3, -0.25) is 0 Å². The molecule has 0 radical (unpaired) electrons. The Bertz CT molecular complexity index is 308. The van der Waals surface area contributed by atoms with Crippen molar-refractivity contribution in [1.82, 2.24) is 0 Å². The van der Waals surface area contributed by atoms with Gasteiger partial charge >= 0.3 is 0 Å². The lowest BCUT2D eigenvalue weighted by atomic mass is 9.93. The Hall–Kier alpha value is -1.12. The predicted molar refractivity (Wildman–Crippen MR) is 59.4 cm³/mol. The molecule has 2 nitrogen and oxygen atoms in total. The molecule has 0 aliphatic carbocycles. The molecule has 2 atom stereocenters. The molecule has 1 fully saturated rings. The van der Waals surface area contributed by atoms with E-state index in [0.29, 0.717) is 12.7 Å². The maximum absolute atomic E-state index is 5.66. The van der Waals surface area contributed by atoms with Gasteiger partial charge in [-0.1, -0.05) is 36.4 Å². The molecule has 2 rings (SSSR count). The highest BCUT2D eigenvalue weighted by atomic mass is 16.7. The van der Waals surface area contributed by atoms with E-state index in [0.717, 1.165) is 13.0 Å². The summed E-state index contributed by atoms with van der Waals surface area (Å²) in [6.45, 7) is 4.92. The average Bonchev–Trinajstić information content (AvgIpc) is 2.31. The van der Waals surface area contributed by atoms with E-state index in [1.54, 1.807) is 0 Å². The van der Waals surface area contributed by atoms with Gasteiger partial charge in [0.25, 0.3) is 0 Å². The summed E-state index contributed by atoms with van der Waals surface area (Å²) in [5, 5.41) is 0. The van der Waals surface area contributed by atoms with E-state index in [4.69, 9.17) is 9.47 Å². The summed E-state index contributed by atoms with van der Waals surface area (Å²) in [7, 11) is 0. The van der Waals surface area contributed by atoms with Gasteiger partial charge in [-0.05, 0) is 12.0 Å². The number of hydrogen-bond donors (Lipinski definition) is 0. The lowest BCUT2D eigenvalue weighted by Gasteiger charge is -2.31. The summed E-state index contributed by atoms with van der Waals surface area (Å²) < 4.78 is 11.0. The van der Waals surface area contributed by atoms with Gasteiger partial charge in [0.05, 0.1) is 12.7 Å². The van der Waals surface area contributed by atoms with Gasteiger partial charge in [-0.25, -0.2) is 0 Å². The number of rotatable bonds is 3. The zero-order valence-corrected chi connectivity index (χ0v) is 8.76. The minimum Gasteiger partial charge on any atom is -0.355 e. The van der Waals surface area contributed by atoms with Crippen molar-refractivity contribution in [3.8, 4) is 0 Å². The molecule has 2 heteroatoms. The van der Waals surface area contributed by atoms with Gasteiger partial charge < -0.3 is 9.47 Å². The largest absolute Gasteiger partial charge is 0.355 e. The highest BCUT2D eigenvalue weighted by Gasteiger charge is 2.26. The van der Waals surface area contributed by atoms with Gasteiger partial charge in [-0.15, -0.1) is 6.58 Å². The van der Waals surface area contributed by atoms with Crippen LogP contribution in [0.2, 0.25) is 0 Å². The van der Waals surface area contributed by atoms with E-state index >= 15 is 0 Å². The quantitative estimate of drug-likeness (QED) is 0.705. The molecule has 0 aromatic heterocycles. The predicted octanol–water partition coefficient (Wildman–Crippen LogP) is 2.92. The molecule has 1 aliphatic rings. The minimum absolute atomic E-state index is 0.151. The van der Waals surface area contributed by atoms with Crippen LogP contribution in [0.15, 0.2) is 43.0 Å². The molecule has 15 heavy (non-hydrogen) atoms. The fourth-order valence-corrected chi connectivity index (χ4v) is 1.96. The Balaban J connectivity index is 2.14. The molecule has 0 saturated carbocycles. The zero-order valence-electron chi connectivity index (χ0n) is 8.76. The van der Waals surface area contributed by atoms with Gasteiger partial charge in [0.1, 0.15) is 6.79 Å². The summed E-state index contributed by atoms with van der Waals surface area (Å²) in [5.41, 5.74) is 1.23. The Morgan fingerprint density at radius 2 is 2.13 bits per heavy atom. The number of hydrogen-bond acceptors (Lipinski definition) is 2. The summed E-state index contributed by atoms with van der Waals surface area (Å²) in [6.07, 6.45) is 3.01. The van der Waals surface area contributed by atoms with Crippen molar-refractivity contribution < 1.29 is 9.47 Å². The van der Waals surface area contributed by atoms with Crippen molar-refractivity contribution in [3.05, 3.63) is 48.6 Å². The Kier molecular flexibility index (Phi) is 3.54. The maximum Gasteiger partial charge on any atom is 0.147 e. The molecule has 1 aromatic rings. The first-order chi connectivity index (χ1) is 7.42. The van der Waals surface area contributed by atoms with E-state index in [1.165, 1.54) is 5.56 Å². The third-order valence-corrected chi connectivity index (χ3v) is 2.69. The van der Waals surface area contributed by atoms with Crippen LogP contribution in [0.5, 0.6) is 0 Å². The minimum atomic E-state index is 0.151. The first kappa shape index (κ1) is 10.4. The van der Waals surface area contributed by atoms with Crippen LogP contribution in [0.25, 0.3) is 0 Å². The average molecular weight is 204 g/mol. The van der Waals surface area contributed by atoms with Gasteiger partial charge in [0.15, 0.2) is 0 Å². The number of ether oxygens (including phenoxy) is 2. The molecule has 1 heterocycles. The van der Waals surface area contributed by atoms with Crippen molar-refractivity contribution >= 4 is 0 Å². The van der Waals surface area contributed by atoms with Crippen molar-refractivity contribution in [1.29, 1.82) is 0 Å². The zero-order chi connectivity index (χ0) is 10.5. The van der Waals surface area contributed by atoms with Crippen molar-refractivity contribution in [2.24, 2.45) is 5.92 Å². The van der Waals surface area contributed by atoms with Crippen LogP contribution in [0, 0.1) is 5.92 Å². The fraction of sp³-hybridized carbons (Fsp3) is 0.385. The van der Waals surface area contributed by atoms with E-state index in [2.05, 4.69) is 18.7 Å². The van der Waals surface area contributed by atoms with Crippen LogP contribution in [0.4, 0.5) is 0 Å². The summed E-state index contributed by atoms with van der Waals surface area (Å²) >= 11 is 0. The summed E-state index contributed by atoms with van der Waals surface area (Å²) in [4.78, 5) is 0. The molecule has 0 bridgehead atoms. The van der Waals surface area contributed by atoms with Crippen molar-refractivity contribution in [3.63, 3.8) is 0 Å². The van der Waals surface area contributed by atoms with E-state index in [-0.39, 0.29) is 6.10 Å². The summed E-state index contributed by atoms with van der Waals surface area (Å²) in [5.74, 6) is 0.388. The third-order valence-electron chi connectivity index (χ3n) is 2.69. The van der Waals surface area contributed by atoms with E-state index in [1.807, 2.05) is 24.3 Å². The maximum atomic E-state index is 5.66. The Morgan fingerprint density at radius 3 is 2.87 bits per heavy atom. The molecule has 1 aromatic carbocycles. The van der Waals surface area contributed by atoms with Gasteiger partial charge in [0.2, 0.25) is 0 Å². The first-order valence-corrected chi connectivity index (χ1v) is 5.27. The Labute approximate surface area is 90.5 Å². The molecule has 1 aliphatic heterocycles. The molecular weight excluding hydrogens is 188 g/mol. The van der Waals surface area contributed by atoms with E-state index in [9.17, 15) is 0 Å². The number of allylic oxidation sites excluding steroid dienone is 1. The standard InChI is InChI=1S/C13H16O2/c1-2-6-12-9-14-10-15-13(12)11-7-4-3-5-8-11/h2-5,7-8,12-13H,1,6,9-10H2. The highest BCUT2D eigenvalue weighted by molar-refractivity contribution is 5.18. The van der Waals surface area contributed by atoms with Crippen LogP contribution in [-0.2, 0) is 9.47 Å². The molecule has 1 saturated heterocycles. The lowest BCUT2D eigenvalue weighted by Crippen LogP contribution is -2.27. The molecule has 2 unspecified atom stereocenters. The molecular formula is C13H16O2. The smallest absolute Gasteiger partial charge is 0.147 e. The lowest BCUT2D eigenvalue weighted by molar-refractivity contribution is -0.171. The van der Waals surface area contributed by atoms with Crippen LogP contribution in [0.3, 0.4) is 0 Å². The van der Waals surface area contributed by atoms with Crippen LogP contribution in [0.1, 0.15) is 18.1 Å². The highest BCUT2D eigenvalue weighted by Crippen LogP contribution is 2.31. The SMILES string of the molecule is C=CCC1COCOC1c1ccccc1. The Morgan fingerprint density at radius 1 is 1.33 bits per heavy atom. The molecule has 0 amide bonds. The van der Waals surface area contributed by atoms with E-state index < -0.39 is 0 Å². The molecule has 0 N–H and O–H groups in total. The van der Waals surface area contributed by atoms with Crippen molar-refractivity contribution in [2.45, 2.75) is 12.5 Å². The second-order valence-electron chi connectivity index (χ2n) is 3.77. The first-order valence-electron chi connectivity index (χ1n) is 5.27. The second-order valence-corrected chi connectivity index (χ2v) is 3.77. The molecule has 0 spiro atoms. The van der Waals surface area contributed by atoms with Crippen molar-refractivity contribution in [2.75, 3.05) is 13.4 Å². The molecule has 80 valence electrons. The summed E-state index contributed by atoms with van der Waals surface area (Å²) in [6, 6.07) is 10.3. The van der Waals surface area contributed by atoms with Gasteiger partial charge in [-0.2, -0.15) is 0 Å². The third kappa shape index (κ3) is 2.46. The van der Waals surface area contributed by atoms with Crippen LogP contribution >= 0.6 is 0 Å². The normalized spacial score (nSPS) is 26.1.